The fraction of sp³-hybridized carbons (Fsp3) is 0.553. The Balaban J connectivity index is 0.000000329. The van der Waals surface area contributed by atoms with E-state index in [2.05, 4.69) is 74.2 Å². The number of carbonyl (C=O) groups excluding carboxylic acids is 2. The summed E-state index contributed by atoms with van der Waals surface area (Å²) < 4.78 is 60.3. The third-order valence-electron chi connectivity index (χ3n) is 16.5. The highest BCUT2D eigenvalue weighted by molar-refractivity contribution is 9.10. The first-order valence-corrected chi connectivity index (χ1v) is 41.1. The highest BCUT2D eigenvalue weighted by Crippen LogP contribution is 2.31. The molecular formula is C76H117BrCl2N8O12S4. The van der Waals surface area contributed by atoms with Gasteiger partial charge in [-0.25, -0.2) is 26.4 Å². The van der Waals surface area contributed by atoms with Crippen LogP contribution < -0.4 is 25.3 Å². The van der Waals surface area contributed by atoms with E-state index in [4.69, 9.17) is 20.2 Å². The maximum absolute atomic E-state index is 12.7. The van der Waals surface area contributed by atoms with Gasteiger partial charge < -0.3 is 65.0 Å². The molecular weight excluding hydrogens is 1500 g/mol. The molecule has 0 radical (unpaired) electrons. The number of thiophene rings is 2. The number of sulfonamides is 1. The van der Waals surface area contributed by atoms with E-state index in [0.717, 1.165) is 95.3 Å². The van der Waals surface area contributed by atoms with E-state index in [1.165, 1.54) is 23.1 Å². The molecule has 10 rings (SSSR count). The molecule has 20 nitrogen and oxygen atoms in total. The van der Waals surface area contributed by atoms with Gasteiger partial charge in [0.2, 0.25) is 0 Å². The van der Waals surface area contributed by atoms with Gasteiger partial charge in [-0.05, 0) is 218 Å². The number of nitrogens with zero attached hydrogens (tertiary/aromatic N) is 6. The monoisotopic (exact) mass is 1610 g/mol. The van der Waals surface area contributed by atoms with E-state index in [1.807, 2.05) is 161 Å². The molecule has 2 aromatic heterocycles. The number of aliphatic hydroxyl groups is 4. The molecule has 4 aliphatic heterocycles. The molecule has 4 aromatic carbocycles. The number of halogens is 3. The number of ether oxygens (including phenoxy) is 2. The number of hydrogen-bond acceptors (Lipinski definition) is 19. The van der Waals surface area contributed by atoms with Gasteiger partial charge in [0, 0.05) is 135 Å². The lowest BCUT2D eigenvalue weighted by Gasteiger charge is -2.41. The molecule has 0 aliphatic carbocycles. The van der Waals surface area contributed by atoms with Crippen molar-refractivity contribution in [1.82, 2.24) is 24.7 Å². The number of hydrogen-bond donors (Lipinski definition) is 6. The molecule has 27 heteroatoms. The quantitative estimate of drug-likeness (QED) is 0.0698. The lowest BCUT2D eigenvalue weighted by molar-refractivity contribution is 0.0197. The summed E-state index contributed by atoms with van der Waals surface area (Å²) in [5.74, 6) is 0. The SMILES string of the molecule is CC.CC(C)(O)c1ccc(Br)cc1.C[C@H]1CN(C(=O)OC(C)(C)C)CCN1.C[C@H]1CN(C(=O)OC(C)(C)C)CCN1c1ccc(C(C)(C)O)cc1.C[C@H]1CN(S(=O)(=O)c2cccs2)CCN1c1ccc(C(C)(C)O)cc1.C[C@H]1CNCCN1c1ccc(C(C)(C)O)cc1.Cl.O=S(=O)(Cl)c1cccs1. The van der Waals surface area contributed by atoms with Gasteiger partial charge in [0.05, 0.1) is 22.4 Å². The Morgan fingerprint density at radius 3 is 1.17 bits per heavy atom. The lowest BCUT2D eigenvalue weighted by Crippen LogP contribution is -2.54. The van der Waals surface area contributed by atoms with Gasteiger partial charge in [-0.2, -0.15) is 4.31 Å². The molecule has 4 saturated heterocycles. The Kier molecular flexibility index (Phi) is 35.9. The fourth-order valence-electron chi connectivity index (χ4n) is 11.0. The molecule has 4 atom stereocenters. The molecule has 578 valence electrons. The topological polar surface area (TPSA) is 245 Å². The number of nitrogens with one attached hydrogen (secondary N) is 2. The van der Waals surface area contributed by atoms with E-state index < -0.39 is 52.7 Å². The van der Waals surface area contributed by atoms with Crippen LogP contribution in [0.25, 0.3) is 0 Å². The average molecular weight is 1610 g/mol. The van der Waals surface area contributed by atoms with Crippen LogP contribution >= 0.6 is 61.7 Å². The molecule has 4 fully saturated rings. The van der Waals surface area contributed by atoms with Crippen LogP contribution in [-0.4, -0.2) is 177 Å². The zero-order valence-corrected chi connectivity index (χ0v) is 70.5. The molecule has 0 bridgehead atoms. The lowest BCUT2D eigenvalue weighted by atomic mass is 9.98. The van der Waals surface area contributed by atoms with Crippen molar-refractivity contribution in [1.29, 1.82) is 0 Å². The average Bonchev–Trinajstić information content (AvgIpc) is 1.76. The minimum absolute atomic E-state index is 0. The predicted molar refractivity (Wildman–Crippen MR) is 430 cm³/mol. The smallest absolute Gasteiger partial charge is 0.410 e. The minimum Gasteiger partial charge on any atom is -0.444 e. The van der Waals surface area contributed by atoms with E-state index in [-0.39, 0.29) is 40.9 Å². The summed E-state index contributed by atoms with van der Waals surface area (Å²) in [6.07, 6.45) is -0.447. The second-order valence-corrected chi connectivity index (χ2v) is 37.4. The van der Waals surface area contributed by atoms with Crippen molar-refractivity contribution in [2.45, 2.75) is 205 Å². The van der Waals surface area contributed by atoms with E-state index in [9.17, 15) is 46.9 Å². The van der Waals surface area contributed by atoms with Crippen LogP contribution in [-0.2, 0) is 51.0 Å². The van der Waals surface area contributed by atoms with E-state index >= 15 is 0 Å². The highest BCUT2D eigenvalue weighted by atomic mass is 79.9. The zero-order valence-electron chi connectivity index (χ0n) is 64.0. The van der Waals surface area contributed by atoms with Crippen LogP contribution in [0.2, 0.25) is 0 Å². The van der Waals surface area contributed by atoms with Crippen LogP contribution in [0, 0.1) is 0 Å². The molecule has 0 saturated carbocycles. The van der Waals surface area contributed by atoms with Crippen molar-refractivity contribution in [3.05, 3.63) is 159 Å². The van der Waals surface area contributed by atoms with E-state index in [1.54, 1.807) is 84.6 Å². The van der Waals surface area contributed by atoms with E-state index in [0.29, 0.717) is 49.0 Å². The van der Waals surface area contributed by atoms with Crippen LogP contribution in [0.3, 0.4) is 0 Å². The highest BCUT2D eigenvalue weighted by Gasteiger charge is 2.35. The van der Waals surface area contributed by atoms with Crippen LogP contribution in [0.4, 0.5) is 26.7 Å². The summed E-state index contributed by atoms with van der Waals surface area (Å²) in [4.78, 5) is 34.3. The summed E-state index contributed by atoms with van der Waals surface area (Å²) in [6.45, 7) is 47.1. The summed E-state index contributed by atoms with van der Waals surface area (Å²) in [7, 11) is -1.88. The van der Waals surface area contributed by atoms with Crippen LogP contribution in [0.15, 0.2) is 145 Å². The predicted octanol–water partition coefficient (Wildman–Crippen LogP) is 15.0. The summed E-state index contributed by atoms with van der Waals surface area (Å²) in [5, 5.41) is 49.7. The van der Waals surface area contributed by atoms with Gasteiger partial charge in [0.25, 0.3) is 19.1 Å². The maximum Gasteiger partial charge on any atom is 0.410 e. The standard InChI is InChI=1S/C19H30N2O3.C18H24N2O3S2.C14H22N2O.C10H20N2O2.C9H11BrO.C4H3ClO2S2.C2H6.ClH/c1-14-13-20(17(22)24-18(2,3)4)11-12-21(14)16-9-7-15(8-10-16)19(5,6)23;1-14-13-19(25(22,23)17-5-4-12-24-17)10-11-20(14)16-8-6-15(7-9-16)18(2,3)21;1-11-10-15-8-9-16(11)13-6-4-12(5-7-13)14(2,3)17;1-8-7-12(6-5-11-8)9(13)14-10(2,3)4;1-9(2,11)7-3-5-8(10)6-4-7;5-9(6,7)4-2-1-3-8-4;1-2;/h7-10,14,23H,11-13H2,1-6H3;4-9,12,14,21H,10-11,13H2,1-3H3;4-7,11,15,17H,8-10H2,1-3H3;8,11H,5-7H2,1-4H3;3-6,11H,1-2H3;1-3H;1-2H3;1H/t2*14-;11-;8-;;;;/m0000..../s1. The van der Waals surface area contributed by atoms with Crippen molar-refractivity contribution in [2.75, 3.05) is 93.2 Å². The summed E-state index contributed by atoms with van der Waals surface area (Å²) in [5.41, 5.74) is 3.00. The molecule has 0 spiro atoms. The molecule has 6 heterocycles. The molecule has 6 N–H and O–H groups in total. The van der Waals surface area contributed by atoms with Crippen molar-refractivity contribution in [3.8, 4) is 0 Å². The third kappa shape index (κ3) is 31.0. The Morgan fingerprint density at radius 2 is 0.845 bits per heavy atom. The van der Waals surface area contributed by atoms with Crippen molar-refractivity contribution in [3.63, 3.8) is 0 Å². The Bertz CT molecular complexity index is 3690. The largest absolute Gasteiger partial charge is 0.444 e. The molecule has 2 amide bonds. The van der Waals surface area contributed by atoms with Gasteiger partial charge in [-0.3, -0.25) is 0 Å². The first-order chi connectivity index (χ1) is 47.1. The third-order valence-corrected chi connectivity index (χ3v) is 23.2. The van der Waals surface area contributed by atoms with Crippen LogP contribution in [0.5, 0.6) is 0 Å². The second kappa shape index (κ2) is 40.2. The molecule has 6 aromatic rings. The van der Waals surface area contributed by atoms with Crippen LogP contribution in [0.1, 0.15) is 161 Å². The number of amides is 2. The maximum atomic E-state index is 12.7. The molecule has 103 heavy (non-hydrogen) atoms. The fourth-order valence-corrected chi connectivity index (χ4v) is 15.7. The minimum atomic E-state index is -3.47. The normalized spacial score (nSPS) is 18.4. The van der Waals surface area contributed by atoms with Gasteiger partial charge >= 0.3 is 12.2 Å². The zero-order chi connectivity index (χ0) is 77.0. The Morgan fingerprint density at radius 1 is 0.485 bits per heavy atom. The number of anilines is 3. The summed E-state index contributed by atoms with van der Waals surface area (Å²) >= 11 is 5.70. The molecule has 0 unspecified atom stereocenters. The second-order valence-electron chi connectivity index (χ2n) is 29.6. The van der Waals surface area contributed by atoms with Gasteiger partial charge in [-0.15, -0.1) is 35.1 Å². The first-order valence-electron chi connectivity index (χ1n) is 34.8. The number of benzene rings is 4. The number of carbonyl (C=O) groups is 2. The Labute approximate surface area is 643 Å². The number of piperazine rings is 4. The summed E-state index contributed by atoms with van der Waals surface area (Å²) in [6, 6.07) is 39.4. The number of rotatable bonds is 10. The van der Waals surface area contributed by atoms with Gasteiger partial charge in [-0.1, -0.05) is 90.4 Å². The van der Waals surface area contributed by atoms with Gasteiger partial charge in [0.1, 0.15) is 19.6 Å². The van der Waals surface area contributed by atoms with Crippen molar-refractivity contribution in [2.24, 2.45) is 0 Å². The van der Waals surface area contributed by atoms with Crippen molar-refractivity contribution < 1.29 is 56.3 Å². The van der Waals surface area contributed by atoms with Crippen molar-refractivity contribution >= 4 is 110 Å². The van der Waals surface area contributed by atoms with Gasteiger partial charge in [0.15, 0.2) is 0 Å². The Hall–Kier alpha value is -5.10. The first kappa shape index (κ1) is 92.1. The molecule has 4 aliphatic rings.